The number of carboxylic acid groups (broad SMARTS) is 3. The van der Waals surface area contributed by atoms with Gasteiger partial charge in [0.2, 0.25) is 0 Å². The fourth-order valence-electron chi connectivity index (χ4n) is 0.932. The van der Waals surface area contributed by atoms with Gasteiger partial charge in [-0.1, -0.05) is 25.2 Å². The molecule has 0 aromatic rings. The summed E-state index contributed by atoms with van der Waals surface area (Å²) in [5, 5.41) is 32.2. The minimum absolute atomic E-state index is 0.00375. The van der Waals surface area contributed by atoms with Gasteiger partial charge in [-0.05, 0) is 12.8 Å². The molecule has 0 bridgehead atoms. The van der Waals surface area contributed by atoms with E-state index in [0.29, 0.717) is 12.8 Å². The number of hydrogen-bond acceptors (Lipinski definition) is 6. The van der Waals surface area contributed by atoms with Gasteiger partial charge >= 0.3 is 23.9 Å². The molecule has 0 fully saturated rings. The highest BCUT2D eigenvalue weighted by atomic mass is 16.5. The molecule has 0 unspecified atom stereocenters. The van der Waals surface area contributed by atoms with E-state index < -0.39 is 17.9 Å². The molecular formula is C17H26O9. The summed E-state index contributed by atoms with van der Waals surface area (Å²) in [4.78, 5) is 39.5. The van der Waals surface area contributed by atoms with Crippen molar-refractivity contribution in [1.82, 2.24) is 0 Å². The van der Waals surface area contributed by atoms with Crippen LogP contribution in [0.3, 0.4) is 0 Å². The molecule has 4 N–H and O–H groups in total. The SMILES string of the molecule is CC(=O)OCCC=CC(=O)O.CCC=CC(=O)O.O=C(O)C=CCCO. The first kappa shape index (κ1) is 27.9. The van der Waals surface area contributed by atoms with Crippen LogP contribution in [0.25, 0.3) is 0 Å². The lowest BCUT2D eigenvalue weighted by Gasteiger charge is -1.95. The smallest absolute Gasteiger partial charge is 0.327 e. The second kappa shape index (κ2) is 22.1. The van der Waals surface area contributed by atoms with Crippen LogP contribution >= 0.6 is 0 Å². The summed E-state index contributed by atoms with van der Waals surface area (Å²) in [5.41, 5.74) is 0. The number of carbonyl (C=O) groups is 4. The number of aliphatic carboxylic acids is 3. The van der Waals surface area contributed by atoms with E-state index in [1.54, 1.807) is 6.08 Å². The largest absolute Gasteiger partial charge is 0.478 e. The van der Waals surface area contributed by atoms with Gasteiger partial charge in [-0.25, -0.2) is 14.4 Å². The number of carboxylic acids is 3. The summed E-state index contributed by atoms with van der Waals surface area (Å²) in [5.74, 6) is -3.19. The maximum absolute atomic E-state index is 10.2. The zero-order valence-corrected chi connectivity index (χ0v) is 14.8. The Kier molecular flexibility index (Phi) is 23.7. The third-order valence-corrected chi connectivity index (χ3v) is 1.90. The molecule has 9 heteroatoms. The van der Waals surface area contributed by atoms with Gasteiger partial charge in [-0.2, -0.15) is 0 Å². The number of aliphatic hydroxyl groups excluding tert-OH is 1. The Labute approximate surface area is 151 Å². The summed E-state index contributed by atoms with van der Waals surface area (Å²) in [6.07, 6.45) is 9.24. The molecule has 0 aliphatic rings. The highest BCUT2D eigenvalue weighted by Gasteiger charge is 1.89. The monoisotopic (exact) mass is 374 g/mol. The van der Waals surface area contributed by atoms with Crippen molar-refractivity contribution in [3.63, 3.8) is 0 Å². The topological polar surface area (TPSA) is 158 Å². The molecule has 0 rings (SSSR count). The second-order valence-electron chi connectivity index (χ2n) is 4.27. The first-order chi connectivity index (χ1) is 12.2. The van der Waals surface area contributed by atoms with Crippen LogP contribution in [-0.2, 0) is 23.9 Å². The van der Waals surface area contributed by atoms with Crippen LogP contribution in [0.1, 0.15) is 33.1 Å². The van der Waals surface area contributed by atoms with Crippen molar-refractivity contribution in [1.29, 1.82) is 0 Å². The van der Waals surface area contributed by atoms with E-state index in [1.165, 1.54) is 19.1 Å². The van der Waals surface area contributed by atoms with Gasteiger partial charge < -0.3 is 25.2 Å². The summed E-state index contributed by atoms with van der Waals surface area (Å²) in [6, 6.07) is 0. The molecule has 0 atom stereocenters. The van der Waals surface area contributed by atoms with Gasteiger partial charge in [-0.3, -0.25) is 4.79 Å². The van der Waals surface area contributed by atoms with Crippen molar-refractivity contribution in [2.24, 2.45) is 0 Å². The molecule has 0 saturated carbocycles. The van der Waals surface area contributed by atoms with Gasteiger partial charge in [0.05, 0.1) is 6.61 Å². The molecule has 0 aromatic carbocycles. The number of esters is 1. The minimum atomic E-state index is -0.993. The molecule has 148 valence electrons. The highest BCUT2D eigenvalue weighted by Crippen LogP contribution is 1.85. The summed E-state index contributed by atoms with van der Waals surface area (Å²) < 4.78 is 4.54. The van der Waals surface area contributed by atoms with Gasteiger partial charge in [0, 0.05) is 38.2 Å². The lowest BCUT2D eigenvalue weighted by atomic mass is 10.4. The zero-order valence-electron chi connectivity index (χ0n) is 14.8. The Hall–Kier alpha value is -2.94. The van der Waals surface area contributed by atoms with Crippen LogP contribution in [-0.4, -0.2) is 57.5 Å². The minimum Gasteiger partial charge on any atom is -0.478 e. The van der Waals surface area contributed by atoms with Crippen LogP contribution < -0.4 is 0 Å². The Balaban J connectivity index is -0.000000315. The average molecular weight is 374 g/mol. The predicted molar refractivity (Wildman–Crippen MR) is 93.6 cm³/mol. The Morgan fingerprint density at radius 1 is 0.808 bits per heavy atom. The van der Waals surface area contributed by atoms with Gasteiger partial charge in [-0.15, -0.1) is 0 Å². The van der Waals surface area contributed by atoms with Crippen molar-refractivity contribution in [3.8, 4) is 0 Å². The molecule has 9 nitrogen and oxygen atoms in total. The van der Waals surface area contributed by atoms with E-state index in [-0.39, 0.29) is 19.2 Å². The van der Waals surface area contributed by atoms with Crippen molar-refractivity contribution in [2.45, 2.75) is 33.1 Å². The van der Waals surface area contributed by atoms with E-state index in [1.807, 2.05) is 6.92 Å². The van der Waals surface area contributed by atoms with E-state index in [0.717, 1.165) is 24.6 Å². The molecule has 0 aliphatic carbocycles. The summed E-state index contributed by atoms with van der Waals surface area (Å²) in [6.45, 7) is 3.43. The molecule has 0 heterocycles. The second-order valence-corrected chi connectivity index (χ2v) is 4.27. The van der Waals surface area contributed by atoms with E-state index in [9.17, 15) is 19.2 Å². The van der Waals surface area contributed by atoms with Crippen LogP contribution in [0.15, 0.2) is 36.5 Å². The molecule has 26 heavy (non-hydrogen) atoms. The highest BCUT2D eigenvalue weighted by molar-refractivity contribution is 5.80. The normalized spacial score (nSPS) is 9.96. The molecular weight excluding hydrogens is 348 g/mol. The van der Waals surface area contributed by atoms with Gasteiger partial charge in [0.15, 0.2) is 0 Å². The standard InChI is InChI=1S/C7H10O4.C5H8O3.C5H8O2/c1-6(8)11-5-3-2-4-7(9)10;6-4-2-1-3-5(7)8;1-2-3-4-5(6)7/h2,4H,3,5H2,1H3,(H,9,10);1,3,6H,2,4H2,(H,7,8);3-4H,2H2,1H3,(H,6,7). The van der Waals surface area contributed by atoms with E-state index >= 15 is 0 Å². The quantitative estimate of drug-likeness (QED) is 0.267. The van der Waals surface area contributed by atoms with Crippen LogP contribution in [0.2, 0.25) is 0 Å². The lowest BCUT2D eigenvalue weighted by molar-refractivity contribution is -0.140. The molecule has 0 spiro atoms. The molecule has 0 aromatic heterocycles. The number of rotatable bonds is 9. The number of hydrogen-bond donors (Lipinski definition) is 4. The fourth-order valence-corrected chi connectivity index (χ4v) is 0.932. The van der Waals surface area contributed by atoms with Gasteiger partial charge in [0.25, 0.3) is 0 Å². The van der Waals surface area contributed by atoms with Crippen molar-refractivity contribution < 1.29 is 44.3 Å². The van der Waals surface area contributed by atoms with Crippen LogP contribution in [0, 0.1) is 0 Å². The predicted octanol–water partition coefficient (Wildman–Crippen LogP) is 1.63. The van der Waals surface area contributed by atoms with E-state index in [4.69, 9.17) is 20.4 Å². The summed E-state index contributed by atoms with van der Waals surface area (Å²) >= 11 is 0. The van der Waals surface area contributed by atoms with Crippen LogP contribution in [0.4, 0.5) is 0 Å². The maximum atomic E-state index is 10.2. The molecule has 0 amide bonds. The van der Waals surface area contributed by atoms with Crippen molar-refractivity contribution >= 4 is 23.9 Å². The maximum Gasteiger partial charge on any atom is 0.327 e. The number of ether oxygens (including phenoxy) is 1. The Bertz CT molecular complexity index is 490. The third-order valence-electron chi connectivity index (χ3n) is 1.90. The molecule has 0 saturated heterocycles. The van der Waals surface area contributed by atoms with Gasteiger partial charge in [0.1, 0.15) is 0 Å². The first-order valence-corrected chi connectivity index (χ1v) is 7.59. The van der Waals surface area contributed by atoms with Crippen molar-refractivity contribution in [3.05, 3.63) is 36.5 Å². The number of aliphatic hydroxyl groups is 1. The third kappa shape index (κ3) is 42.9. The van der Waals surface area contributed by atoms with Crippen molar-refractivity contribution in [2.75, 3.05) is 13.2 Å². The number of allylic oxidation sites excluding steroid dienone is 1. The summed E-state index contributed by atoms with van der Waals surface area (Å²) in [7, 11) is 0. The Morgan fingerprint density at radius 2 is 1.23 bits per heavy atom. The Morgan fingerprint density at radius 3 is 1.54 bits per heavy atom. The lowest BCUT2D eigenvalue weighted by Crippen LogP contribution is -1.99. The van der Waals surface area contributed by atoms with E-state index in [2.05, 4.69) is 4.74 Å². The first-order valence-electron chi connectivity index (χ1n) is 7.59. The zero-order chi connectivity index (χ0) is 20.8. The fraction of sp³-hybridized carbons (Fsp3) is 0.412. The average Bonchev–Trinajstić information content (AvgIpc) is 2.53. The van der Waals surface area contributed by atoms with Crippen LogP contribution in [0.5, 0.6) is 0 Å². The molecule has 0 radical (unpaired) electrons. The molecule has 0 aliphatic heterocycles. The number of carbonyl (C=O) groups excluding carboxylic acids is 1.